The van der Waals surface area contributed by atoms with E-state index in [-0.39, 0.29) is 11.2 Å². The van der Waals surface area contributed by atoms with Gasteiger partial charge in [0, 0.05) is 11.7 Å². The molecule has 0 bridgehead atoms. The van der Waals surface area contributed by atoms with Gasteiger partial charge in [0.1, 0.15) is 5.69 Å². The summed E-state index contributed by atoms with van der Waals surface area (Å²) in [4.78, 5) is 14.3. The summed E-state index contributed by atoms with van der Waals surface area (Å²) in [5.41, 5.74) is 4.83. The summed E-state index contributed by atoms with van der Waals surface area (Å²) < 4.78 is 0. The summed E-state index contributed by atoms with van der Waals surface area (Å²) in [6.07, 6.45) is 1.35. The lowest BCUT2D eigenvalue weighted by molar-refractivity contribution is 0.0996. The molecular formula is C6H7BN2O3. The Morgan fingerprint density at radius 1 is 1.58 bits per heavy atom. The number of aromatic nitrogens is 1. The Balaban J connectivity index is 3.17. The molecule has 0 saturated heterocycles. The Kier molecular flexibility index (Phi) is 2.42. The van der Waals surface area contributed by atoms with E-state index in [1.54, 1.807) is 0 Å². The van der Waals surface area contributed by atoms with Crippen LogP contribution in [-0.4, -0.2) is 28.1 Å². The normalized spacial score (nSPS) is 9.50. The summed E-state index contributed by atoms with van der Waals surface area (Å²) in [5, 5.41) is 17.5. The lowest BCUT2D eigenvalue weighted by Crippen LogP contribution is -2.37. The largest absolute Gasteiger partial charge is 0.490 e. The Morgan fingerprint density at radius 2 is 2.25 bits per heavy atom. The van der Waals surface area contributed by atoms with Gasteiger partial charge in [-0.15, -0.1) is 0 Å². The number of nitrogens with zero attached hydrogens (tertiary/aromatic N) is 1. The molecule has 5 nitrogen and oxygen atoms in total. The predicted molar refractivity (Wildman–Crippen MR) is 42.6 cm³/mol. The van der Waals surface area contributed by atoms with Gasteiger partial charge >= 0.3 is 7.12 Å². The number of rotatable bonds is 2. The smallest absolute Gasteiger partial charge is 0.423 e. The standard InChI is InChI=1S/C6H7BN2O3/c8-6(10)5-4(7(11)12)2-1-3-9-5/h1-3,11-12H,(H2,8,10). The molecule has 0 aliphatic carbocycles. The zero-order valence-electron chi connectivity index (χ0n) is 6.14. The summed E-state index contributed by atoms with van der Waals surface area (Å²) >= 11 is 0. The van der Waals surface area contributed by atoms with E-state index in [1.165, 1.54) is 18.3 Å². The Hall–Kier alpha value is -1.40. The van der Waals surface area contributed by atoms with Crippen LogP contribution in [0.3, 0.4) is 0 Å². The molecule has 0 saturated carbocycles. The van der Waals surface area contributed by atoms with Crippen LogP contribution in [0.2, 0.25) is 0 Å². The SMILES string of the molecule is NC(=O)c1ncccc1B(O)O. The van der Waals surface area contributed by atoms with Crippen LogP contribution in [0.4, 0.5) is 0 Å². The number of hydrogen-bond acceptors (Lipinski definition) is 4. The molecule has 0 spiro atoms. The first kappa shape index (κ1) is 8.70. The molecule has 12 heavy (non-hydrogen) atoms. The number of nitrogens with two attached hydrogens (primary N) is 1. The van der Waals surface area contributed by atoms with Gasteiger partial charge in [-0.05, 0) is 6.07 Å². The second kappa shape index (κ2) is 3.33. The molecule has 62 valence electrons. The third-order valence-corrected chi connectivity index (χ3v) is 1.35. The van der Waals surface area contributed by atoms with Crippen LogP contribution in [0.25, 0.3) is 0 Å². The van der Waals surface area contributed by atoms with E-state index < -0.39 is 13.0 Å². The molecule has 4 N–H and O–H groups in total. The molecule has 1 heterocycles. The molecule has 0 aliphatic rings. The van der Waals surface area contributed by atoms with Crippen LogP contribution in [0.15, 0.2) is 18.3 Å². The van der Waals surface area contributed by atoms with E-state index in [9.17, 15) is 4.79 Å². The first-order chi connectivity index (χ1) is 5.63. The van der Waals surface area contributed by atoms with Crippen LogP contribution < -0.4 is 11.2 Å². The number of primary amides is 1. The number of carbonyl (C=O) groups is 1. The highest BCUT2D eigenvalue weighted by molar-refractivity contribution is 6.60. The highest BCUT2D eigenvalue weighted by Crippen LogP contribution is 1.89. The lowest BCUT2D eigenvalue weighted by atomic mass is 9.79. The molecule has 0 radical (unpaired) electrons. The Bertz CT molecular complexity index is 303. The van der Waals surface area contributed by atoms with Crippen LogP contribution in [0.5, 0.6) is 0 Å². The fourth-order valence-corrected chi connectivity index (χ4v) is 0.832. The van der Waals surface area contributed by atoms with Crippen molar-refractivity contribution in [2.24, 2.45) is 5.73 Å². The molecule has 1 aromatic rings. The Morgan fingerprint density at radius 3 is 2.67 bits per heavy atom. The first-order valence-electron chi connectivity index (χ1n) is 3.24. The molecule has 6 heteroatoms. The highest BCUT2D eigenvalue weighted by atomic mass is 16.4. The van der Waals surface area contributed by atoms with E-state index in [4.69, 9.17) is 15.8 Å². The fraction of sp³-hybridized carbons (Fsp3) is 0. The minimum Gasteiger partial charge on any atom is -0.423 e. The van der Waals surface area contributed by atoms with Crippen molar-refractivity contribution < 1.29 is 14.8 Å². The van der Waals surface area contributed by atoms with E-state index in [2.05, 4.69) is 4.98 Å². The average Bonchev–Trinajstić information content (AvgIpc) is 2.04. The maximum absolute atomic E-state index is 10.7. The number of pyridine rings is 1. The molecule has 1 aromatic heterocycles. The molecule has 1 rings (SSSR count). The molecule has 0 atom stereocenters. The van der Waals surface area contributed by atoms with E-state index in [1.807, 2.05) is 0 Å². The quantitative estimate of drug-likeness (QED) is 0.436. The van der Waals surface area contributed by atoms with Gasteiger partial charge in [0.05, 0.1) is 0 Å². The lowest BCUT2D eigenvalue weighted by Gasteiger charge is -2.02. The van der Waals surface area contributed by atoms with Gasteiger partial charge in [0.15, 0.2) is 0 Å². The monoisotopic (exact) mass is 166 g/mol. The number of carbonyl (C=O) groups excluding carboxylic acids is 1. The van der Waals surface area contributed by atoms with Crippen molar-refractivity contribution in [3.63, 3.8) is 0 Å². The van der Waals surface area contributed by atoms with Gasteiger partial charge < -0.3 is 15.8 Å². The van der Waals surface area contributed by atoms with Gasteiger partial charge in [-0.25, -0.2) is 0 Å². The average molecular weight is 166 g/mol. The molecule has 0 aliphatic heterocycles. The minimum atomic E-state index is -1.72. The van der Waals surface area contributed by atoms with Crippen LogP contribution in [0, 0.1) is 0 Å². The van der Waals surface area contributed by atoms with E-state index in [0.717, 1.165) is 0 Å². The molecular weight excluding hydrogens is 159 g/mol. The van der Waals surface area contributed by atoms with Crippen LogP contribution in [0.1, 0.15) is 10.5 Å². The van der Waals surface area contributed by atoms with E-state index in [0.29, 0.717) is 0 Å². The van der Waals surface area contributed by atoms with Gasteiger partial charge in [-0.2, -0.15) is 0 Å². The van der Waals surface area contributed by atoms with Crippen molar-refractivity contribution in [1.29, 1.82) is 0 Å². The maximum Gasteiger partial charge on any atom is 0.490 e. The zero-order valence-corrected chi connectivity index (χ0v) is 6.14. The van der Waals surface area contributed by atoms with Crippen LogP contribution in [-0.2, 0) is 0 Å². The highest BCUT2D eigenvalue weighted by Gasteiger charge is 2.19. The molecule has 1 amide bonds. The van der Waals surface area contributed by atoms with E-state index >= 15 is 0 Å². The predicted octanol–water partition coefficient (Wildman–Crippen LogP) is -2.14. The number of hydrogen-bond donors (Lipinski definition) is 3. The first-order valence-corrected chi connectivity index (χ1v) is 3.24. The second-order valence-electron chi connectivity index (χ2n) is 2.18. The van der Waals surface area contributed by atoms with Crippen molar-refractivity contribution in [1.82, 2.24) is 4.98 Å². The van der Waals surface area contributed by atoms with Crippen molar-refractivity contribution in [3.05, 3.63) is 24.0 Å². The molecule has 0 fully saturated rings. The van der Waals surface area contributed by atoms with Crippen molar-refractivity contribution in [2.45, 2.75) is 0 Å². The molecule has 0 aromatic carbocycles. The third-order valence-electron chi connectivity index (χ3n) is 1.35. The third kappa shape index (κ3) is 1.61. The van der Waals surface area contributed by atoms with Gasteiger partial charge in [-0.3, -0.25) is 9.78 Å². The van der Waals surface area contributed by atoms with Crippen molar-refractivity contribution in [2.75, 3.05) is 0 Å². The van der Waals surface area contributed by atoms with Gasteiger partial charge in [0.2, 0.25) is 0 Å². The summed E-state index contributed by atoms with van der Waals surface area (Å²) in [7, 11) is -1.72. The summed E-state index contributed by atoms with van der Waals surface area (Å²) in [6, 6.07) is 2.86. The van der Waals surface area contributed by atoms with Gasteiger partial charge in [-0.1, -0.05) is 6.07 Å². The fourth-order valence-electron chi connectivity index (χ4n) is 0.832. The van der Waals surface area contributed by atoms with Gasteiger partial charge in [0.25, 0.3) is 5.91 Å². The van der Waals surface area contributed by atoms with Crippen molar-refractivity contribution in [3.8, 4) is 0 Å². The second-order valence-corrected chi connectivity index (χ2v) is 2.18. The maximum atomic E-state index is 10.7. The van der Waals surface area contributed by atoms with Crippen molar-refractivity contribution >= 4 is 18.5 Å². The molecule has 0 unspecified atom stereocenters. The number of amides is 1. The Labute approximate surface area is 69.0 Å². The zero-order chi connectivity index (χ0) is 9.14. The van der Waals surface area contributed by atoms with Crippen LogP contribution >= 0.6 is 0 Å². The topological polar surface area (TPSA) is 96.4 Å². The summed E-state index contributed by atoms with van der Waals surface area (Å²) in [6.45, 7) is 0. The summed E-state index contributed by atoms with van der Waals surface area (Å²) in [5.74, 6) is -0.779. The minimum absolute atomic E-state index is 0.0185.